The van der Waals surface area contributed by atoms with Gasteiger partial charge in [-0.05, 0) is 23.6 Å². The Labute approximate surface area is 161 Å². The third kappa shape index (κ3) is 5.23. The van der Waals surface area contributed by atoms with Crippen LogP contribution in [0.25, 0.3) is 0 Å². The molecule has 0 aliphatic carbocycles. The Balaban J connectivity index is 1.43. The molecule has 5 heteroatoms. The highest BCUT2D eigenvalue weighted by molar-refractivity contribution is 5.78. The molecule has 27 heavy (non-hydrogen) atoms. The number of nitrogens with zero attached hydrogens (tertiary/aromatic N) is 2. The number of rotatable bonds is 7. The normalized spacial score (nSPS) is 16.0. The highest BCUT2D eigenvalue weighted by Crippen LogP contribution is 2.28. The van der Waals surface area contributed by atoms with E-state index in [2.05, 4.69) is 40.2 Å². The van der Waals surface area contributed by atoms with Crippen molar-refractivity contribution in [3.8, 4) is 5.75 Å². The molecule has 144 valence electrons. The molecular weight excluding hydrogens is 338 g/mol. The summed E-state index contributed by atoms with van der Waals surface area (Å²) >= 11 is 0. The number of hydrogen-bond acceptors (Lipinski definition) is 4. The van der Waals surface area contributed by atoms with Crippen molar-refractivity contribution >= 4 is 11.6 Å². The molecule has 2 aromatic carbocycles. The molecule has 1 aliphatic rings. The second-order valence-electron chi connectivity index (χ2n) is 7.05. The molecule has 1 aliphatic heterocycles. The lowest BCUT2D eigenvalue weighted by atomic mass is 10.0. The Hall–Kier alpha value is -2.53. The first-order valence-electron chi connectivity index (χ1n) is 9.59. The summed E-state index contributed by atoms with van der Waals surface area (Å²) in [6, 6.07) is 18.4. The maximum atomic E-state index is 12.3. The lowest BCUT2D eigenvalue weighted by molar-refractivity contribution is -0.122. The van der Waals surface area contributed by atoms with Gasteiger partial charge in [0.2, 0.25) is 5.91 Å². The van der Waals surface area contributed by atoms with Gasteiger partial charge in [-0.3, -0.25) is 9.69 Å². The van der Waals surface area contributed by atoms with Gasteiger partial charge in [-0.15, -0.1) is 0 Å². The van der Waals surface area contributed by atoms with Crippen LogP contribution >= 0.6 is 0 Å². The van der Waals surface area contributed by atoms with E-state index in [9.17, 15) is 4.79 Å². The van der Waals surface area contributed by atoms with Crippen molar-refractivity contribution in [3.63, 3.8) is 0 Å². The molecule has 2 aromatic rings. The molecule has 5 nitrogen and oxygen atoms in total. The molecule has 0 saturated carbocycles. The summed E-state index contributed by atoms with van der Waals surface area (Å²) < 4.78 is 5.46. The lowest BCUT2D eigenvalue weighted by Crippen LogP contribution is -2.49. The van der Waals surface area contributed by atoms with E-state index in [1.165, 1.54) is 5.56 Å². The minimum absolute atomic E-state index is 0.100. The van der Waals surface area contributed by atoms with Gasteiger partial charge in [-0.2, -0.15) is 0 Å². The zero-order valence-electron chi connectivity index (χ0n) is 16.2. The van der Waals surface area contributed by atoms with Crippen LogP contribution in [-0.2, 0) is 4.79 Å². The summed E-state index contributed by atoms with van der Waals surface area (Å²) in [5.41, 5.74) is 2.38. The summed E-state index contributed by atoms with van der Waals surface area (Å²) in [5.74, 6) is 1.32. The van der Waals surface area contributed by atoms with Crippen LogP contribution in [0.3, 0.4) is 0 Å². The number of amides is 1. The molecule has 1 amide bonds. The third-order valence-electron chi connectivity index (χ3n) is 5.14. The van der Waals surface area contributed by atoms with Crippen molar-refractivity contribution in [2.24, 2.45) is 0 Å². The largest absolute Gasteiger partial charge is 0.495 e. The van der Waals surface area contributed by atoms with E-state index >= 15 is 0 Å². The lowest BCUT2D eigenvalue weighted by Gasteiger charge is -2.36. The number of hydrogen-bond donors (Lipinski definition) is 1. The second-order valence-corrected chi connectivity index (χ2v) is 7.05. The van der Waals surface area contributed by atoms with Gasteiger partial charge in [0.1, 0.15) is 5.75 Å². The molecule has 0 bridgehead atoms. The quantitative estimate of drug-likeness (QED) is 0.817. The molecule has 1 saturated heterocycles. The Kier molecular flexibility index (Phi) is 6.71. The number of carbonyl (C=O) groups is 1. The number of anilines is 1. The van der Waals surface area contributed by atoms with Gasteiger partial charge in [0, 0.05) is 32.7 Å². The predicted octanol–water partition coefficient (Wildman–Crippen LogP) is 2.74. The van der Waals surface area contributed by atoms with E-state index < -0.39 is 0 Å². The van der Waals surface area contributed by atoms with E-state index in [-0.39, 0.29) is 5.91 Å². The molecule has 0 aromatic heterocycles. The summed E-state index contributed by atoms with van der Waals surface area (Å²) in [5, 5.41) is 3.08. The first kappa shape index (κ1) is 19.2. The van der Waals surface area contributed by atoms with E-state index in [1.54, 1.807) is 7.11 Å². The highest BCUT2D eigenvalue weighted by Gasteiger charge is 2.21. The fourth-order valence-electron chi connectivity index (χ4n) is 3.46. The molecule has 0 radical (unpaired) electrons. The molecule has 3 rings (SSSR count). The van der Waals surface area contributed by atoms with E-state index in [4.69, 9.17) is 4.74 Å². The molecule has 1 heterocycles. The van der Waals surface area contributed by atoms with Gasteiger partial charge >= 0.3 is 0 Å². The van der Waals surface area contributed by atoms with E-state index in [0.717, 1.165) is 37.6 Å². The predicted molar refractivity (Wildman–Crippen MR) is 110 cm³/mol. The zero-order valence-corrected chi connectivity index (χ0v) is 16.2. The van der Waals surface area contributed by atoms with Crippen molar-refractivity contribution in [1.29, 1.82) is 0 Å². The first-order valence-corrected chi connectivity index (χ1v) is 9.59. The van der Waals surface area contributed by atoms with Crippen molar-refractivity contribution in [3.05, 3.63) is 60.2 Å². The van der Waals surface area contributed by atoms with Gasteiger partial charge in [0.15, 0.2) is 0 Å². The Morgan fingerprint density at radius 1 is 1.04 bits per heavy atom. The summed E-state index contributed by atoms with van der Waals surface area (Å²) in [7, 11) is 1.70. The zero-order chi connectivity index (χ0) is 19.1. The monoisotopic (exact) mass is 367 g/mol. The van der Waals surface area contributed by atoms with Gasteiger partial charge in [0.25, 0.3) is 0 Å². The Morgan fingerprint density at radius 2 is 1.70 bits per heavy atom. The minimum atomic E-state index is 0.100. The minimum Gasteiger partial charge on any atom is -0.495 e. The van der Waals surface area contributed by atoms with Crippen LogP contribution in [0.2, 0.25) is 0 Å². The highest BCUT2D eigenvalue weighted by atomic mass is 16.5. The fraction of sp³-hybridized carbons (Fsp3) is 0.409. The van der Waals surface area contributed by atoms with Gasteiger partial charge in [0.05, 0.1) is 19.3 Å². The van der Waals surface area contributed by atoms with Crippen LogP contribution < -0.4 is 15.0 Å². The average molecular weight is 367 g/mol. The third-order valence-corrected chi connectivity index (χ3v) is 5.14. The topological polar surface area (TPSA) is 44.8 Å². The van der Waals surface area contributed by atoms with Crippen LogP contribution in [0.5, 0.6) is 5.75 Å². The maximum absolute atomic E-state index is 12.3. The van der Waals surface area contributed by atoms with Crippen LogP contribution in [0.1, 0.15) is 18.4 Å². The van der Waals surface area contributed by atoms with Crippen molar-refractivity contribution in [1.82, 2.24) is 10.2 Å². The summed E-state index contributed by atoms with van der Waals surface area (Å²) in [6.07, 6.45) is 0. The van der Waals surface area contributed by atoms with Crippen LogP contribution in [0.15, 0.2) is 54.6 Å². The van der Waals surface area contributed by atoms with E-state index in [1.807, 2.05) is 36.4 Å². The van der Waals surface area contributed by atoms with Crippen LogP contribution in [0, 0.1) is 0 Å². The van der Waals surface area contributed by atoms with E-state index in [0.29, 0.717) is 19.0 Å². The maximum Gasteiger partial charge on any atom is 0.234 e. The van der Waals surface area contributed by atoms with Gasteiger partial charge in [-0.25, -0.2) is 0 Å². The van der Waals surface area contributed by atoms with Crippen molar-refractivity contribution in [2.75, 3.05) is 51.3 Å². The molecular formula is C22H29N3O2. The van der Waals surface area contributed by atoms with Gasteiger partial charge < -0.3 is 15.0 Å². The Morgan fingerprint density at radius 3 is 2.41 bits per heavy atom. The number of piperazine rings is 1. The number of benzene rings is 2. The number of carbonyl (C=O) groups excluding carboxylic acids is 1. The smallest absolute Gasteiger partial charge is 0.234 e. The Bertz CT molecular complexity index is 727. The molecule has 0 spiro atoms. The van der Waals surface area contributed by atoms with Crippen molar-refractivity contribution in [2.45, 2.75) is 12.8 Å². The number of nitrogens with one attached hydrogen (secondary N) is 1. The first-order chi connectivity index (χ1) is 13.2. The molecule has 1 atom stereocenters. The summed E-state index contributed by atoms with van der Waals surface area (Å²) in [6.45, 7) is 6.81. The average Bonchev–Trinajstić information content (AvgIpc) is 2.73. The molecule has 1 N–H and O–H groups in total. The molecule has 1 fully saturated rings. The number of methoxy groups -OCH3 is 1. The van der Waals surface area contributed by atoms with Crippen LogP contribution in [-0.4, -0.2) is 57.2 Å². The second kappa shape index (κ2) is 9.42. The standard InChI is InChI=1S/C22H29N3O2/c1-18(19-8-4-3-5-9-19)16-23-22(26)17-24-12-14-25(15-13-24)20-10-6-7-11-21(20)27-2/h3-11,18H,12-17H2,1-2H3,(H,23,26). The fourth-order valence-corrected chi connectivity index (χ4v) is 3.46. The van der Waals surface area contributed by atoms with Gasteiger partial charge in [-0.1, -0.05) is 49.4 Å². The van der Waals surface area contributed by atoms with Crippen molar-refractivity contribution < 1.29 is 9.53 Å². The number of ether oxygens (including phenoxy) is 1. The van der Waals surface area contributed by atoms with Crippen LogP contribution in [0.4, 0.5) is 5.69 Å². The SMILES string of the molecule is COc1ccccc1N1CCN(CC(=O)NCC(C)c2ccccc2)CC1. The number of para-hydroxylation sites is 2. The molecule has 1 unspecified atom stereocenters. The summed E-state index contributed by atoms with van der Waals surface area (Å²) in [4.78, 5) is 16.9.